The van der Waals surface area contributed by atoms with E-state index in [0.717, 1.165) is 36.5 Å². The van der Waals surface area contributed by atoms with Gasteiger partial charge in [0.05, 0.1) is 30.3 Å². The number of ether oxygens (including phenoxy) is 2. The third-order valence-corrected chi connectivity index (χ3v) is 11.3. The molecule has 2 N–H and O–H groups in total. The minimum absolute atomic E-state index is 0.0189. The number of aromatic nitrogens is 2. The average molecular weight is 721 g/mol. The molecule has 1 aromatic heterocycles. The number of likely N-dealkylation sites (tertiary alicyclic amines) is 1. The Morgan fingerprint density at radius 1 is 1.14 bits per heavy atom. The van der Waals surface area contributed by atoms with Crippen LogP contribution in [0.1, 0.15) is 19.3 Å². The molecule has 3 unspecified atom stereocenters. The number of carbonyl (C=O) groups is 3. The van der Waals surface area contributed by atoms with Crippen molar-refractivity contribution in [3.05, 3.63) is 53.3 Å². The maximum absolute atomic E-state index is 17.0. The van der Waals surface area contributed by atoms with E-state index in [-0.39, 0.29) is 71.5 Å². The van der Waals surface area contributed by atoms with Gasteiger partial charge in [0.15, 0.2) is 5.82 Å². The monoisotopic (exact) mass is 720 g/mol. The van der Waals surface area contributed by atoms with Crippen molar-refractivity contribution in [2.45, 2.75) is 42.6 Å². The van der Waals surface area contributed by atoms with Gasteiger partial charge in [-0.2, -0.15) is 9.97 Å². The van der Waals surface area contributed by atoms with Gasteiger partial charge in [0.2, 0.25) is 11.8 Å². The maximum atomic E-state index is 17.0. The van der Waals surface area contributed by atoms with Gasteiger partial charge in [0.25, 0.3) is 5.24 Å². The number of nitrogens with one attached hydrogen (secondary N) is 1. The van der Waals surface area contributed by atoms with Crippen molar-refractivity contribution in [1.29, 1.82) is 0 Å². The van der Waals surface area contributed by atoms with Gasteiger partial charge in [0.1, 0.15) is 28.9 Å². The van der Waals surface area contributed by atoms with Crippen LogP contribution in [0.15, 0.2) is 42.5 Å². The zero-order valence-corrected chi connectivity index (χ0v) is 28.7. The normalized spacial score (nSPS) is 24.0. The van der Waals surface area contributed by atoms with Crippen LogP contribution < -0.4 is 15.0 Å². The third kappa shape index (κ3) is 5.97. The Morgan fingerprint density at radius 3 is 2.64 bits per heavy atom. The zero-order chi connectivity index (χ0) is 34.7. The molecule has 0 spiro atoms. The number of hydrogen-bond donors (Lipinski definition) is 2. The molecule has 0 radical (unpaired) electrons. The number of likely N-dealkylation sites (N-methyl/N-ethyl adjacent to an activating group) is 1. The Hall–Kier alpha value is -4.24. The van der Waals surface area contributed by atoms with Crippen molar-refractivity contribution in [3.63, 3.8) is 0 Å². The number of rotatable bonds is 7. The number of imide groups is 1. The summed E-state index contributed by atoms with van der Waals surface area (Å²) in [4.78, 5) is 52.9. The summed E-state index contributed by atoms with van der Waals surface area (Å²) in [5, 5.41) is 13.5. The van der Waals surface area contributed by atoms with E-state index < -0.39 is 22.2 Å². The molecule has 4 atom stereocenters. The van der Waals surface area contributed by atoms with Crippen LogP contribution in [0.5, 0.6) is 11.8 Å². The molecule has 260 valence electrons. The Labute approximate surface area is 295 Å². The number of phenols is 1. The first-order valence-electron chi connectivity index (χ1n) is 16.5. The zero-order valence-electron chi connectivity index (χ0n) is 27.1. The van der Waals surface area contributed by atoms with Crippen LogP contribution in [0.25, 0.3) is 32.8 Å². The highest BCUT2D eigenvalue weighted by Gasteiger charge is 2.44. The lowest BCUT2D eigenvalue weighted by Crippen LogP contribution is -2.66. The molecule has 4 aromatic rings. The molecule has 4 fully saturated rings. The van der Waals surface area contributed by atoms with Gasteiger partial charge in [-0.1, -0.05) is 47.6 Å². The molecule has 4 aliphatic heterocycles. The van der Waals surface area contributed by atoms with E-state index in [1.54, 1.807) is 17.0 Å². The number of amides is 3. The molecule has 15 heteroatoms. The molecular formula is C35H34ClFN6O6S. The number of carbonyl (C=O) groups excluding carboxylic acids is 3. The van der Waals surface area contributed by atoms with Gasteiger partial charge in [-0.25, -0.2) is 4.39 Å². The van der Waals surface area contributed by atoms with E-state index in [9.17, 15) is 19.5 Å². The topological polar surface area (TPSA) is 137 Å². The van der Waals surface area contributed by atoms with Crippen molar-refractivity contribution in [1.82, 2.24) is 25.1 Å². The second kappa shape index (κ2) is 13.1. The summed E-state index contributed by atoms with van der Waals surface area (Å²) in [7, 11) is 2.04. The number of nitrogens with zero attached hydrogens (tertiary/aromatic N) is 5. The standard InChI is InChI=1S/C35H34ClFN6O6S/c1-41-8-4-6-19(41)17-49-34-38-31-25(11-26(36)29(30(31)37)24-10-22(44)9-18-5-2-3-7-23(18)24)32(39-34)42-13-20-15-48-16-21(14-42)43(20)28(45)12-27-33(46)40-35(47)50-27/h2-3,5,7,9-11,19-21,27,44H,4,6,8,12-17H2,1H3,(H,40,46,47)/t19-,20?,21?,27?/m0/s1. The van der Waals surface area contributed by atoms with Crippen molar-refractivity contribution in [2.75, 3.05) is 51.4 Å². The molecule has 5 heterocycles. The van der Waals surface area contributed by atoms with Crippen molar-refractivity contribution in [2.24, 2.45) is 0 Å². The number of hydrogen-bond acceptors (Lipinski definition) is 11. The van der Waals surface area contributed by atoms with Gasteiger partial charge in [-0.05, 0) is 61.0 Å². The second-order valence-corrected chi connectivity index (χ2v) is 14.8. The quantitative estimate of drug-likeness (QED) is 0.278. The smallest absolute Gasteiger partial charge is 0.319 e. The SMILES string of the molecule is CN1CCC[C@H]1COc1nc(N2CC3COCC(C2)N3C(=O)CC2SC(=O)NC2=O)c2cc(Cl)c(-c3cc(O)cc4ccccc34)c(F)c2n1. The fourth-order valence-corrected chi connectivity index (χ4v) is 8.71. The van der Waals surface area contributed by atoms with Crippen LogP contribution in [-0.2, 0) is 14.3 Å². The highest BCUT2D eigenvalue weighted by Crippen LogP contribution is 2.43. The number of aromatic hydroxyl groups is 1. The van der Waals surface area contributed by atoms with E-state index in [4.69, 9.17) is 26.1 Å². The first kappa shape index (κ1) is 32.9. The van der Waals surface area contributed by atoms with Gasteiger partial charge in [0, 0.05) is 36.5 Å². The molecule has 50 heavy (non-hydrogen) atoms. The van der Waals surface area contributed by atoms with Crippen molar-refractivity contribution >= 4 is 67.9 Å². The summed E-state index contributed by atoms with van der Waals surface area (Å²) in [5.41, 5.74) is 0.547. The van der Waals surface area contributed by atoms with E-state index in [0.29, 0.717) is 41.9 Å². The Kier molecular flexibility index (Phi) is 8.66. The van der Waals surface area contributed by atoms with Crippen molar-refractivity contribution in [3.8, 4) is 22.9 Å². The number of anilines is 1. The minimum Gasteiger partial charge on any atom is -0.508 e. The first-order chi connectivity index (χ1) is 24.1. The summed E-state index contributed by atoms with van der Waals surface area (Å²) in [5.74, 6) is -0.983. The van der Waals surface area contributed by atoms with Crippen LogP contribution in [0.3, 0.4) is 0 Å². The summed E-state index contributed by atoms with van der Waals surface area (Å²) >= 11 is 7.74. The molecule has 3 aromatic carbocycles. The lowest BCUT2D eigenvalue weighted by Gasteiger charge is -2.50. The Bertz CT molecular complexity index is 2040. The van der Waals surface area contributed by atoms with E-state index in [1.807, 2.05) is 36.2 Å². The van der Waals surface area contributed by atoms with Crippen LogP contribution in [0, 0.1) is 5.82 Å². The number of halogens is 2. The molecule has 8 rings (SSSR count). The van der Waals surface area contributed by atoms with Crippen LogP contribution in [-0.4, -0.2) is 112 Å². The highest BCUT2D eigenvalue weighted by molar-refractivity contribution is 8.15. The highest BCUT2D eigenvalue weighted by atomic mass is 35.5. The number of thioether (sulfide) groups is 1. The fourth-order valence-electron chi connectivity index (χ4n) is 7.61. The fraction of sp³-hybridized carbons (Fsp3) is 0.400. The molecule has 4 aliphatic rings. The second-order valence-electron chi connectivity index (χ2n) is 13.2. The average Bonchev–Trinajstić information content (AvgIpc) is 3.64. The molecule has 2 bridgehead atoms. The number of benzene rings is 3. The third-order valence-electron chi connectivity index (χ3n) is 10.0. The van der Waals surface area contributed by atoms with Crippen LogP contribution in [0.2, 0.25) is 5.02 Å². The molecule has 4 saturated heterocycles. The maximum Gasteiger partial charge on any atom is 0.319 e. The van der Waals surface area contributed by atoms with Gasteiger partial charge in [-0.3, -0.25) is 19.7 Å². The predicted molar refractivity (Wildman–Crippen MR) is 187 cm³/mol. The summed E-state index contributed by atoms with van der Waals surface area (Å²) in [6, 6.07) is 11.5. The number of morpholine rings is 1. The van der Waals surface area contributed by atoms with Gasteiger partial charge < -0.3 is 29.3 Å². The summed E-state index contributed by atoms with van der Waals surface area (Å²) in [6.45, 7) is 2.41. The minimum atomic E-state index is -0.776. The molecule has 3 amide bonds. The summed E-state index contributed by atoms with van der Waals surface area (Å²) < 4.78 is 29.0. The lowest BCUT2D eigenvalue weighted by atomic mass is 9.96. The lowest BCUT2D eigenvalue weighted by molar-refractivity contribution is -0.148. The molecule has 0 aliphatic carbocycles. The molecule has 12 nitrogen and oxygen atoms in total. The number of fused-ring (bicyclic) bond motifs is 4. The van der Waals surface area contributed by atoms with E-state index >= 15 is 4.39 Å². The van der Waals surface area contributed by atoms with E-state index in [1.165, 1.54) is 6.07 Å². The van der Waals surface area contributed by atoms with Crippen LogP contribution in [0.4, 0.5) is 15.0 Å². The van der Waals surface area contributed by atoms with Crippen LogP contribution >= 0.6 is 23.4 Å². The first-order valence-corrected chi connectivity index (χ1v) is 17.8. The Morgan fingerprint density at radius 2 is 1.92 bits per heavy atom. The van der Waals surface area contributed by atoms with Crippen molar-refractivity contribution < 1.29 is 33.4 Å². The molecular weight excluding hydrogens is 687 g/mol. The largest absolute Gasteiger partial charge is 0.508 e. The molecule has 0 saturated carbocycles. The number of phenolic OH excluding ortho intramolecular Hbond substituents is 1. The number of piperazine rings is 1. The Balaban J connectivity index is 1.19. The van der Waals surface area contributed by atoms with Gasteiger partial charge >= 0.3 is 6.01 Å². The predicted octanol–water partition coefficient (Wildman–Crippen LogP) is 4.58. The summed E-state index contributed by atoms with van der Waals surface area (Å²) in [6.07, 6.45) is 1.91. The van der Waals surface area contributed by atoms with Gasteiger partial charge in [-0.15, -0.1) is 0 Å². The van der Waals surface area contributed by atoms with E-state index in [2.05, 4.69) is 15.2 Å².